The van der Waals surface area contributed by atoms with Crippen molar-refractivity contribution in [1.29, 1.82) is 0 Å². The molecule has 5 heteroatoms. The van der Waals surface area contributed by atoms with Crippen LogP contribution in [0.3, 0.4) is 0 Å². The number of halogens is 1. The highest BCUT2D eigenvalue weighted by Gasteiger charge is 2.02. The fraction of sp³-hybridized carbons (Fsp3) is 0. The van der Waals surface area contributed by atoms with E-state index in [2.05, 4.69) is 27.4 Å². The van der Waals surface area contributed by atoms with E-state index in [-0.39, 0.29) is 5.82 Å². The van der Waals surface area contributed by atoms with Crippen LogP contribution in [0.25, 0.3) is 10.2 Å². The van der Waals surface area contributed by atoms with Gasteiger partial charge in [0.1, 0.15) is 5.82 Å². The van der Waals surface area contributed by atoms with Crippen molar-refractivity contribution in [1.82, 2.24) is 4.98 Å². The van der Waals surface area contributed by atoms with E-state index >= 15 is 0 Å². The van der Waals surface area contributed by atoms with E-state index in [0.717, 1.165) is 10.2 Å². The molecule has 0 atom stereocenters. The van der Waals surface area contributed by atoms with Crippen molar-refractivity contribution < 1.29 is 4.39 Å². The minimum absolute atomic E-state index is 0.269. The highest BCUT2D eigenvalue weighted by molar-refractivity contribution is 7.78. The number of isothiocyanates is 1. The Kier molecular flexibility index (Phi) is 2.14. The number of thiocarbonyl (C=S) groups is 1. The number of nitrogens with zero attached hydrogens (tertiary/aromatic N) is 2. The fourth-order valence-electron chi connectivity index (χ4n) is 0.973. The fourth-order valence-corrected chi connectivity index (χ4v) is 1.94. The molecular formula is C8H3FN2S2. The third-order valence-electron chi connectivity index (χ3n) is 1.48. The molecule has 0 amide bonds. The molecule has 0 fully saturated rings. The smallest absolute Gasteiger partial charge is 0.218 e. The van der Waals surface area contributed by atoms with Gasteiger partial charge in [0.2, 0.25) is 5.13 Å². The Bertz CT molecular complexity index is 500. The van der Waals surface area contributed by atoms with Crippen molar-refractivity contribution in [3.8, 4) is 0 Å². The number of aliphatic imine (C=N–C) groups is 1. The van der Waals surface area contributed by atoms with Gasteiger partial charge >= 0.3 is 0 Å². The zero-order valence-corrected chi connectivity index (χ0v) is 7.95. The van der Waals surface area contributed by atoms with Gasteiger partial charge in [-0.1, -0.05) is 11.3 Å². The molecule has 2 nitrogen and oxygen atoms in total. The maximum absolute atomic E-state index is 12.7. The molecule has 0 aliphatic heterocycles. The average Bonchev–Trinajstić information content (AvgIpc) is 2.46. The molecule has 0 saturated heterocycles. The summed E-state index contributed by atoms with van der Waals surface area (Å²) >= 11 is 5.73. The highest BCUT2D eigenvalue weighted by atomic mass is 32.1. The SMILES string of the molecule is Fc1ccc2nc(N=C=S)sc2c1. The summed E-state index contributed by atoms with van der Waals surface area (Å²) in [5, 5.41) is 2.73. The molecule has 1 heterocycles. The Morgan fingerprint density at radius 3 is 3.15 bits per heavy atom. The maximum atomic E-state index is 12.7. The number of rotatable bonds is 1. The topological polar surface area (TPSA) is 25.2 Å². The molecule has 0 saturated carbocycles. The first-order valence-corrected chi connectivity index (χ1v) is 4.66. The van der Waals surface area contributed by atoms with E-state index in [1.165, 1.54) is 23.5 Å². The van der Waals surface area contributed by atoms with Gasteiger partial charge in [0.05, 0.1) is 15.4 Å². The molecule has 0 spiro atoms. The summed E-state index contributed by atoms with van der Waals surface area (Å²) in [5.41, 5.74) is 0.732. The monoisotopic (exact) mass is 210 g/mol. The second-order valence-corrected chi connectivity index (χ2v) is 3.50. The van der Waals surface area contributed by atoms with Gasteiger partial charge in [-0.25, -0.2) is 9.37 Å². The normalized spacial score (nSPS) is 9.92. The zero-order chi connectivity index (χ0) is 9.26. The van der Waals surface area contributed by atoms with Gasteiger partial charge in [0.25, 0.3) is 0 Å². The molecule has 1 aromatic carbocycles. The summed E-state index contributed by atoms with van der Waals surface area (Å²) in [5.74, 6) is -0.269. The lowest BCUT2D eigenvalue weighted by atomic mass is 10.3. The third-order valence-corrected chi connectivity index (χ3v) is 2.48. The van der Waals surface area contributed by atoms with Gasteiger partial charge in [-0.2, -0.15) is 4.99 Å². The van der Waals surface area contributed by atoms with Gasteiger partial charge in [0, 0.05) is 0 Å². The molecule has 2 aromatic rings. The first-order chi connectivity index (χ1) is 6.29. The van der Waals surface area contributed by atoms with Crippen LogP contribution < -0.4 is 0 Å². The molecule has 0 aliphatic rings. The van der Waals surface area contributed by atoms with Crippen LogP contribution >= 0.6 is 23.6 Å². The average molecular weight is 210 g/mol. The summed E-state index contributed by atoms with van der Waals surface area (Å²) in [7, 11) is 0. The largest absolute Gasteiger partial charge is 0.219 e. The number of thiazole rings is 1. The van der Waals surface area contributed by atoms with E-state index in [0.29, 0.717) is 5.13 Å². The van der Waals surface area contributed by atoms with Crippen molar-refractivity contribution in [3.63, 3.8) is 0 Å². The maximum Gasteiger partial charge on any atom is 0.219 e. The summed E-state index contributed by atoms with van der Waals surface area (Å²) < 4.78 is 13.5. The summed E-state index contributed by atoms with van der Waals surface area (Å²) in [6, 6.07) is 4.41. The predicted octanol–water partition coefficient (Wildman–Crippen LogP) is 3.17. The van der Waals surface area contributed by atoms with Crippen LogP contribution in [0.1, 0.15) is 0 Å². The minimum Gasteiger partial charge on any atom is -0.218 e. The number of fused-ring (bicyclic) bond motifs is 1. The van der Waals surface area contributed by atoms with Gasteiger partial charge in [-0.05, 0) is 30.4 Å². The molecule has 0 N–H and O–H groups in total. The van der Waals surface area contributed by atoms with Crippen LogP contribution in [0, 0.1) is 5.82 Å². The first kappa shape index (κ1) is 8.44. The Morgan fingerprint density at radius 1 is 1.54 bits per heavy atom. The van der Waals surface area contributed by atoms with Crippen LogP contribution in [0.2, 0.25) is 0 Å². The molecule has 2 rings (SSSR count). The molecular weight excluding hydrogens is 207 g/mol. The standard InChI is InChI=1S/C8H3FN2S2/c9-5-1-2-6-7(3-5)13-8(11-6)10-4-12/h1-3H. The van der Waals surface area contributed by atoms with E-state index in [4.69, 9.17) is 0 Å². The molecule has 0 radical (unpaired) electrons. The van der Waals surface area contributed by atoms with Crippen molar-refractivity contribution in [2.45, 2.75) is 0 Å². The van der Waals surface area contributed by atoms with E-state index in [1.54, 1.807) is 6.07 Å². The molecule has 0 aliphatic carbocycles. The van der Waals surface area contributed by atoms with Gasteiger partial charge in [-0.3, -0.25) is 0 Å². The number of benzene rings is 1. The lowest BCUT2D eigenvalue weighted by Gasteiger charge is -1.85. The summed E-state index contributed by atoms with van der Waals surface area (Å²) in [6.07, 6.45) is 0. The number of hydrogen-bond donors (Lipinski definition) is 0. The van der Waals surface area contributed by atoms with Crippen LogP contribution in [-0.2, 0) is 0 Å². The van der Waals surface area contributed by atoms with Crippen LogP contribution in [0.15, 0.2) is 23.2 Å². The Balaban J connectivity index is 2.68. The Labute approximate surface area is 82.8 Å². The van der Waals surface area contributed by atoms with Crippen LogP contribution in [0.4, 0.5) is 9.52 Å². The van der Waals surface area contributed by atoms with Gasteiger partial charge in [0.15, 0.2) is 0 Å². The number of hydrogen-bond acceptors (Lipinski definition) is 4. The van der Waals surface area contributed by atoms with Gasteiger partial charge in [-0.15, -0.1) is 0 Å². The van der Waals surface area contributed by atoms with Gasteiger partial charge < -0.3 is 0 Å². The molecule has 1 aromatic heterocycles. The van der Waals surface area contributed by atoms with Crippen LogP contribution in [0.5, 0.6) is 0 Å². The third kappa shape index (κ3) is 1.62. The first-order valence-electron chi connectivity index (χ1n) is 3.43. The highest BCUT2D eigenvalue weighted by Crippen LogP contribution is 2.27. The van der Waals surface area contributed by atoms with Crippen molar-refractivity contribution in [2.75, 3.05) is 0 Å². The minimum atomic E-state index is -0.269. The second-order valence-electron chi connectivity index (χ2n) is 2.31. The predicted molar refractivity (Wildman–Crippen MR) is 54.3 cm³/mol. The summed E-state index contributed by atoms with van der Waals surface area (Å²) in [6.45, 7) is 0. The second kappa shape index (κ2) is 3.30. The number of aromatic nitrogens is 1. The molecule has 64 valence electrons. The Morgan fingerprint density at radius 2 is 2.38 bits per heavy atom. The van der Waals surface area contributed by atoms with E-state index in [9.17, 15) is 4.39 Å². The van der Waals surface area contributed by atoms with E-state index in [1.807, 2.05) is 0 Å². The lowest BCUT2D eigenvalue weighted by molar-refractivity contribution is 0.630. The van der Waals surface area contributed by atoms with Crippen molar-refractivity contribution in [2.24, 2.45) is 4.99 Å². The quantitative estimate of drug-likeness (QED) is 0.533. The Hall–Kier alpha value is -1.16. The van der Waals surface area contributed by atoms with Crippen molar-refractivity contribution in [3.05, 3.63) is 24.0 Å². The van der Waals surface area contributed by atoms with Crippen molar-refractivity contribution >= 4 is 44.1 Å². The lowest BCUT2D eigenvalue weighted by Crippen LogP contribution is -1.70. The molecule has 0 bridgehead atoms. The molecule has 13 heavy (non-hydrogen) atoms. The van der Waals surface area contributed by atoms with Crippen LogP contribution in [-0.4, -0.2) is 10.1 Å². The van der Waals surface area contributed by atoms with E-state index < -0.39 is 0 Å². The zero-order valence-electron chi connectivity index (χ0n) is 6.32. The molecule has 0 unspecified atom stereocenters. The summed E-state index contributed by atoms with van der Waals surface area (Å²) in [4.78, 5) is 7.82.